The lowest BCUT2D eigenvalue weighted by atomic mass is 10.0. The van der Waals surface area contributed by atoms with Gasteiger partial charge >= 0.3 is 0 Å². The van der Waals surface area contributed by atoms with Crippen molar-refractivity contribution in [1.29, 1.82) is 0 Å². The van der Waals surface area contributed by atoms with Crippen molar-refractivity contribution in [2.75, 3.05) is 13.1 Å². The summed E-state index contributed by atoms with van der Waals surface area (Å²) >= 11 is 0. The normalized spacial score (nSPS) is 14.3. The van der Waals surface area contributed by atoms with Crippen molar-refractivity contribution in [2.24, 2.45) is 0 Å². The number of amides is 1. The SMILES string of the molecule is Cc1ccc(-c2nc3n(CC(=O)N4CCCCCC4)c(C)c(Cc4ccccc4)c(=O)n3n2)cc1. The predicted octanol–water partition coefficient (Wildman–Crippen LogP) is 4.17. The lowest BCUT2D eigenvalue weighted by molar-refractivity contribution is -0.131. The first-order chi connectivity index (χ1) is 17.0. The van der Waals surface area contributed by atoms with E-state index in [-0.39, 0.29) is 18.0 Å². The summed E-state index contributed by atoms with van der Waals surface area (Å²) in [6.45, 7) is 5.65. The van der Waals surface area contributed by atoms with Gasteiger partial charge in [0.15, 0.2) is 5.82 Å². The van der Waals surface area contributed by atoms with Gasteiger partial charge in [-0.25, -0.2) is 0 Å². The van der Waals surface area contributed by atoms with Gasteiger partial charge in [-0.3, -0.25) is 9.59 Å². The molecule has 1 saturated heterocycles. The number of aryl methyl sites for hydroxylation is 1. The zero-order valence-electron chi connectivity index (χ0n) is 20.4. The van der Waals surface area contributed by atoms with Gasteiger partial charge in [-0.15, -0.1) is 5.10 Å². The van der Waals surface area contributed by atoms with Gasteiger partial charge in [-0.1, -0.05) is 73.0 Å². The molecule has 2 aromatic carbocycles. The van der Waals surface area contributed by atoms with E-state index in [1.165, 1.54) is 4.52 Å². The molecular formula is C28H31N5O2. The average molecular weight is 470 g/mol. The number of nitrogens with zero attached hydrogens (tertiary/aromatic N) is 5. The molecule has 0 saturated carbocycles. The van der Waals surface area contributed by atoms with Crippen molar-refractivity contribution >= 4 is 11.7 Å². The van der Waals surface area contributed by atoms with Crippen LogP contribution in [0.2, 0.25) is 0 Å². The summed E-state index contributed by atoms with van der Waals surface area (Å²) in [5.41, 5.74) is 4.22. The maximum atomic E-state index is 13.6. The van der Waals surface area contributed by atoms with Crippen LogP contribution in [-0.2, 0) is 17.8 Å². The molecule has 1 fully saturated rings. The summed E-state index contributed by atoms with van der Waals surface area (Å²) in [6, 6.07) is 17.8. The minimum atomic E-state index is -0.189. The van der Waals surface area contributed by atoms with Gasteiger partial charge in [0.25, 0.3) is 5.56 Å². The Hall–Kier alpha value is -3.74. The van der Waals surface area contributed by atoms with Crippen LogP contribution >= 0.6 is 0 Å². The summed E-state index contributed by atoms with van der Waals surface area (Å²) in [5, 5.41) is 4.60. The number of carbonyl (C=O) groups is 1. The molecule has 35 heavy (non-hydrogen) atoms. The Kier molecular flexibility index (Phi) is 6.49. The number of likely N-dealkylation sites (tertiary alicyclic amines) is 1. The van der Waals surface area contributed by atoms with Gasteiger partial charge in [-0.2, -0.15) is 9.50 Å². The third kappa shape index (κ3) is 4.76. The van der Waals surface area contributed by atoms with E-state index in [2.05, 4.69) is 5.10 Å². The van der Waals surface area contributed by atoms with Crippen molar-refractivity contribution in [1.82, 2.24) is 24.1 Å². The third-order valence-corrected chi connectivity index (χ3v) is 6.91. The Bertz CT molecular complexity index is 1400. The number of rotatable bonds is 5. The Morgan fingerprint density at radius 1 is 0.914 bits per heavy atom. The molecule has 4 aromatic rings. The number of carbonyl (C=O) groups excluding carboxylic acids is 1. The molecule has 0 unspecified atom stereocenters. The predicted molar refractivity (Wildman–Crippen MR) is 136 cm³/mol. The molecule has 180 valence electrons. The Morgan fingerprint density at radius 2 is 1.60 bits per heavy atom. The third-order valence-electron chi connectivity index (χ3n) is 6.91. The minimum Gasteiger partial charge on any atom is -0.341 e. The largest absolute Gasteiger partial charge is 0.341 e. The topological polar surface area (TPSA) is 72.5 Å². The molecule has 0 radical (unpaired) electrons. The maximum Gasteiger partial charge on any atom is 0.279 e. The van der Waals surface area contributed by atoms with E-state index in [1.807, 2.05) is 77.9 Å². The second-order valence-corrected chi connectivity index (χ2v) is 9.43. The molecule has 7 nitrogen and oxygen atoms in total. The van der Waals surface area contributed by atoms with Gasteiger partial charge in [0.2, 0.25) is 11.7 Å². The van der Waals surface area contributed by atoms with Crippen LogP contribution in [0.5, 0.6) is 0 Å². The molecule has 0 aliphatic carbocycles. The van der Waals surface area contributed by atoms with Crippen LogP contribution in [0.4, 0.5) is 0 Å². The van der Waals surface area contributed by atoms with Gasteiger partial charge in [0.1, 0.15) is 6.54 Å². The van der Waals surface area contributed by atoms with Crippen LogP contribution in [0.25, 0.3) is 17.2 Å². The lowest BCUT2D eigenvalue weighted by Crippen LogP contribution is -2.36. The van der Waals surface area contributed by atoms with Gasteiger partial charge in [-0.05, 0) is 32.3 Å². The fraction of sp³-hybridized carbons (Fsp3) is 0.357. The molecule has 7 heteroatoms. The number of aromatic nitrogens is 4. The molecular weight excluding hydrogens is 438 g/mol. The van der Waals surface area contributed by atoms with E-state index in [0.717, 1.165) is 61.2 Å². The van der Waals surface area contributed by atoms with Crippen molar-refractivity contribution < 1.29 is 4.79 Å². The maximum absolute atomic E-state index is 13.6. The summed E-state index contributed by atoms with van der Waals surface area (Å²) in [5.74, 6) is 0.948. The molecule has 5 rings (SSSR count). The fourth-order valence-corrected chi connectivity index (χ4v) is 4.78. The van der Waals surface area contributed by atoms with Crippen molar-refractivity contribution in [3.05, 3.63) is 87.3 Å². The van der Waals surface area contributed by atoms with E-state index in [4.69, 9.17) is 4.98 Å². The highest BCUT2D eigenvalue weighted by atomic mass is 16.2. The van der Waals surface area contributed by atoms with E-state index < -0.39 is 0 Å². The summed E-state index contributed by atoms with van der Waals surface area (Å²) in [7, 11) is 0. The fourth-order valence-electron chi connectivity index (χ4n) is 4.78. The van der Waals surface area contributed by atoms with Crippen LogP contribution < -0.4 is 5.56 Å². The number of benzene rings is 2. The first-order valence-corrected chi connectivity index (χ1v) is 12.4. The van der Waals surface area contributed by atoms with E-state index >= 15 is 0 Å². The molecule has 0 bridgehead atoms. The Morgan fingerprint density at radius 3 is 2.29 bits per heavy atom. The first kappa shape index (κ1) is 23.0. The number of hydrogen-bond acceptors (Lipinski definition) is 4. The highest BCUT2D eigenvalue weighted by Gasteiger charge is 2.23. The molecule has 0 spiro atoms. The summed E-state index contributed by atoms with van der Waals surface area (Å²) in [6.07, 6.45) is 4.87. The van der Waals surface area contributed by atoms with Crippen LogP contribution in [0, 0.1) is 13.8 Å². The lowest BCUT2D eigenvalue weighted by Gasteiger charge is -2.22. The highest BCUT2D eigenvalue weighted by molar-refractivity contribution is 5.77. The molecule has 1 aliphatic rings. The zero-order chi connectivity index (χ0) is 24.4. The second-order valence-electron chi connectivity index (χ2n) is 9.43. The number of hydrogen-bond donors (Lipinski definition) is 0. The summed E-state index contributed by atoms with van der Waals surface area (Å²) in [4.78, 5) is 33.6. The van der Waals surface area contributed by atoms with Crippen LogP contribution in [0.1, 0.15) is 48.1 Å². The van der Waals surface area contributed by atoms with Crippen LogP contribution in [0.15, 0.2) is 59.4 Å². The van der Waals surface area contributed by atoms with E-state index in [9.17, 15) is 9.59 Å². The summed E-state index contributed by atoms with van der Waals surface area (Å²) < 4.78 is 3.24. The monoisotopic (exact) mass is 469 g/mol. The highest BCUT2D eigenvalue weighted by Crippen LogP contribution is 2.20. The second kappa shape index (κ2) is 9.86. The average Bonchev–Trinajstić information content (AvgIpc) is 3.13. The Balaban J connectivity index is 1.62. The van der Waals surface area contributed by atoms with Crippen molar-refractivity contribution in [3.8, 4) is 11.4 Å². The minimum absolute atomic E-state index is 0.0612. The quantitative estimate of drug-likeness (QED) is 0.440. The molecule has 1 aliphatic heterocycles. The van der Waals surface area contributed by atoms with E-state index in [1.54, 1.807) is 0 Å². The number of fused-ring (bicyclic) bond motifs is 1. The molecule has 0 atom stereocenters. The van der Waals surface area contributed by atoms with Crippen molar-refractivity contribution in [3.63, 3.8) is 0 Å². The van der Waals surface area contributed by atoms with Crippen LogP contribution in [0.3, 0.4) is 0 Å². The van der Waals surface area contributed by atoms with Crippen molar-refractivity contribution in [2.45, 2.75) is 52.5 Å². The molecule has 1 amide bonds. The smallest absolute Gasteiger partial charge is 0.279 e. The standard InChI is InChI=1S/C28H31N5O2/c1-20-12-14-23(15-13-20)26-29-28-32(19-25(34)31-16-8-3-4-9-17-31)21(2)24(27(35)33(28)30-26)18-22-10-6-5-7-11-22/h5-7,10-15H,3-4,8-9,16-19H2,1-2H3. The Labute approximate surface area is 205 Å². The van der Waals surface area contributed by atoms with Gasteiger partial charge < -0.3 is 9.47 Å². The first-order valence-electron chi connectivity index (χ1n) is 12.4. The molecule has 2 aromatic heterocycles. The molecule has 0 N–H and O–H groups in total. The van der Waals surface area contributed by atoms with E-state index in [0.29, 0.717) is 23.6 Å². The zero-order valence-corrected chi connectivity index (χ0v) is 20.4. The van der Waals surface area contributed by atoms with Crippen LogP contribution in [-0.4, -0.2) is 43.1 Å². The molecule has 3 heterocycles. The van der Waals surface area contributed by atoms with Gasteiger partial charge in [0, 0.05) is 36.3 Å². The van der Waals surface area contributed by atoms with Gasteiger partial charge in [0.05, 0.1) is 0 Å².